The smallest absolute Gasteiger partial charge is 0.397 e. The van der Waals surface area contributed by atoms with Crippen LogP contribution in [-0.2, 0) is 33.5 Å². The summed E-state index contributed by atoms with van der Waals surface area (Å²) in [4.78, 5) is 89.3. The van der Waals surface area contributed by atoms with Crippen molar-refractivity contribution in [2.45, 2.75) is 25.4 Å². The van der Waals surface area contributed by atoms with E-state index in [0.29, 0.717) is 6.29 Å². The van der Waals surface area contributed by atoms with E-state index in [9.17, 15) is 33.6 Å². The van der Waals surface area contributed by atoms with Crippen LogP contribution in [-0.4, -0.2) is 74.0 Å². The van der Waals surface area contributed by atoms with Crippen molar-refractivity contribution in [3.8, 4) is 0 Å². The molecule has 12 heteroatoms. The third-order valence-corrected chi connectivity index (χ3v) is 5.66. The number of hydrogen-bond acceptors (Lipinski definition) is 8. The fourth-order valence-electron chi connectivity index (χ4n) is 3.92. The van der Waals surface area contributed by atoms with Crippen molar-refractivity contribution in [1.29, 1.82) is 0 Å². The van der Waals surface area contributed by atoms with Crippen LogP contribution >= 0.6 is 0 Å². The molecule has 1 heterocycles. The predicted molar refractivity (Wildman–Crippen MR) is 134 cm³/mol. The summed E-state index contributed by atoms with van der Waals surface area (Å²) in [6.07, 6.45) is 0.189. The Morgan fingerprint density at radius 2 is 1.66 bits per heavy atom. The Kier molecular flexibility index (Phi) is 9.04. The average molecular weight is 523 g/mol. The van der Waals surface area contributed by atoms with Gasteiger partial charge in [0.05, 0.1) is 31.1 Å². The maximum absolute atomic E-state index is 13.7. The van der Waals surface area contributed by atoms with Crippen LogP contribution < -0.4 is 20.4 Å². The van der Waals surface area contributed by atoms with Gasteiger partial charge in [0.15, 0.2) is 0 Å². The molecule has 0 aromatic heterocycles. The summed E-state index contributed by atoms with van der Waals surface area (Å²) >= 11 is 0. The van der Waals surface area contributed by atoms with Gasteiger partial charge >= 0.3 is 11.9 Å². The summed E-state index contributed by atoms with van der Waals surface area (Å²) in [6.45, 7) is 0.238. The van der Waals surface area contributed by atoms with Gasteiger partial charge in [0.2, 0.25) is 5.91 Å². The summed E-state index contributed by atoms with van der Waals surface area (Å²) in [5.74, 6) is -4.71. The standard InChI is InChI=1S/C26H26N4O8/c1-16(32)12-18(15-31)27-22(33)14-30-21-11-7-6-10-20(21)29(25(36)26(37)38-2)13-19(24(30)35)28-23(34)17-8-4-3-5-9-17/h3-11,15,18-19H,12-14H2,1-2H3,(H,27,33)(H,28,34)/t18-,19-/m0/s1. The number of carbonyl (C=O) groups excluding carboxylic acids is 7. The van der Waals surface area contributed by atoms with E-state index in [0.717, 1.165) is 16.9 Å². The van der Waals surface area contributed by atoms with Gasteiger partial charge in [0, 0.05) is 12.0 Å². The minimum Gasteiger partial charge on any atom is -0.462 e. The monoisotopic (exact) mass is 522 g/mol. The molecule has 0 radical (unpaired) electrons. The molecule has 0 spiro atoms. The lowest BCUT2D eigenvalue weighted by molar-refractivity contribution is -0.151. The van der Waals surface area contributed by atoms with Crippen molar-refractivity contribution in [2.24, 2.45) is 0 Å². The van der Waals surface area contributed by atoms with E-state index in [4.69, 9.17) is 0 Å². The van der Waals surface area contributed by atoms with E-state index in [2.05, 4.69) is 15.4 Å². The molecule has 2 N–H and O–H groups in total. The molecule has 2 aromatic carbocycles. The van der Waals surface area contributed by atoms with Gasteiger partial charge in [0.25, 0.3) is 11.8 Å². The number of para-hydroxylation sites is 2. The number of esters is 1. The molecule has 198 valence electrons. The summed E-state index contributed by atoms with van der Waals surface area (Å²) in [5.41, 5.74) is 0.474. The summed E-state index contributed by atoms with van der Waals surface area (Å²) in [6, 6.07) is 11.6. The van der Waals surface area contributed by atoms with E-state index < -0.39 is 54.8 Å². The Morgan fingerprint density at radius 1 is 1.03 bits per heavy atom. The maximum atomic E-state index is 13.7. The molecular weight excluding hydrogens is 496 g/mol. The number of amides is 4. The maximum Gasteiger partial charge on any atom is 0.397 e. The molecule has 0 unspecified atom stereocenters. The first-order valence-corrected chi connectivity index (χ1v) is 11.6. The van der Waals surface area contributed by atoms with Crippen molar-refractivity contribution in [3.05, 3.63) is 60.2 Å². The molecular formula is C26H26N4O8. The Balaban J connectivity index is 2.00. The summed E-state index contributed by atoms with van der Waals surface area (Å²) < 4.78 is 4.57. The average Bonchev–Trinajstić information content (AvgIpc) is 3.02. The zero-order chi connectivity index (χ0) is 27.8. The molecule has 3 rings (SSSR count). The van der Waals surface area contributed by atoms with Crippen LogP contribution in [0.2, 0.25) is 0 Å². The molecule has 0 aliphatic carbocycles. The van der Waals surface area contributed by atoms with Crippen molar-refractivity contribution >= 4 is 53.0 Å². The lowest BCUT2D eigenvalue weighted by atomic mass is 10.1. The van der Waals surface area contributed by atoms with Gasteiger partial charge in [-0.25, -0.2) is 4.79 Å². The van der Waals surface area contributed by atoms with Crippen LogP contribution in [0.1, 0.15) is 23.7 Å². The number of rotatable bonds is 8. The number of methoxy groups -OCH3 is 1. The van der Waals surface area contributed by atoms with Crippen LogP contribution in [0.25, 0.3) is 0 Å². The second kappa shape index (κ2) is 12.4. The van der Waals surface area contributed by atoms with Crippen molar-refractivity contribution in [1.82, 2.24) is 10.6 Å². The SMILES string of the molecule is COC(=O)C(=O)N1C[C@H](NC(=O)c2ccccc2)C(=O)N(CC(=O)N[C@H](C=O)CC(C)=O)c2ccccc21. The number of Topliss-reactive ketones (excluding diaryl/α,β-unsaturated/α-hetero) is 1. The second-order valence-corrected chi connectivity index (χ2v) is 8.43. The van der Waals surface area contributed by atoms with Crippen LogP contribution in [0.15, 0.2) is 54.6 Å². The number of nitrogens with one attached hydrogen (secondary N) is 2. The molecule has 0 saturated heterocycles. The highest BCUT2D eigenvalue weighted by Crippen LogP contribution is 2.33. The zero-order valence-electron chi connectivity index (χ0n) is 20.7. The van der Waals surface area contributed by atoms with Gasteiger partial charge in [-0.05, 0) is 31.2 Å². The highest BCUT2D eigenvalue weighted by molar-refractivity contribution is 6.38. The molecule has 4 amide bonds. The van der Waals surface area contributed by atoms with E-state index >= 15 is 0 Å². The van der Waals surface area contributed by atoms with E-state index in [1.165, 1.54) is 31.2 Å². The number of hydrogen-bond donors (Lipinski definition) is 2. The summed E-state index contributed by atoms with van der Waals surface area (Å²) in [5, 5.41) is 4.97. The van der Waals surface area contributed by atoms with E-state index in [-0.39, 0.29) is 29.1 Å². The van der Waals surface area contributed by atoms with Gasteiger partial charge < -0.3 is 20.2 Å². The van der Waals surface area contributed by atoms with Crippen molar-refractivity contribution in [2.75, 3.05) is 30.0 Å². The highest BCUT2D eigenvalue weighted by atomic mass is 16.5. The van der Waals surface area contributed by atoms with Crippen LogP contribution in [0.4, 0.5) is 11.4 Å². The Labute approximate surface area is 217 Å². The van der Waals surface area contributed by atoms with Crippen molar-refractivity contribution < 1.29 is 38.3 Å². The number of aldehydes is 1. The fourth-order valence-corrected chi connectivity index (χ4v) is 3.92. The second-order valence-electron chi connectivity index (χ2n) is 8.43. The number of ketones is 1. The Bertz CT molecular complexity index is 1260. The molecule has 38 heavy (non-hydrogen) atoms. The van der Waals surface area contributed by atoms with Gasteiger partial charge in [-0.2, -0.15) is 0 Å². The zero-order valence-corrected chi connectivity index (χ0v) is 20.7. The highest BCUT2D eigenvalue weighted by Gasteiger charge is 2.39. The van der Waals surface area contributed by atoms with E-state index in [1.54, 1.807) is 30.3 Å². The van der Waals surface area contributed by atoms with Gasteiger partial charge in [-0.1, -0.05) is 30.3 Å². The summed E-state index contributed by atoms with van der Waals surface area (Å²) in [7, 11) is 1.03. The molecule has 1 aliphatic heterocycles. The van der Waals surface area contributed by atoms with Crippen LogP contribution in [0, 0.1) is 0 Å². The molecule has 1 aliphatic rings. The molecule has 2 atom stereocenters. The lowest BCUT2D eigenvalue weighted by Crippen LogP contribution is -2.55. The minimum atomic E-state index is -1.37. The van der Waals surface area contributed by atoms with Crippen LogP contribution in [0.3, 0.4) is 0 Å². The van der Waals surface area contributed by atoms with Gasteiger partial charge in [-0.15, -0.1) is 0 Å². The molecule has 2 aromatic rings. The largest absolute Gasteiger partial charge is 0.462 e. The topological polar surface area (TPSA) is 159 Å². The first kappa shape index (κ1) is 27.7. The van der Waals surface area contributed by atoms with Crippen molar-refractivity contribution in [3.63, 3.8) is 0 Å². The van der Waals surface area contributed by atoms with E-state index in [1.807, 2.05) is 0 Å². The molecule has 0 fully saturated rings. The number of fused-ring (bicyclic) bond motifs is 1. The van der Waals surface area contributed by atoms with Crippen LogP contribution in [0.5, 0.6) is 0 Å². The first-order valence-electron chi connectivity index (χ1n) is 11.6. The normalized spacial score (nSPS) is 15.4. The molecule has 0 bridgehead atoms. The van der Waals surface area contributed by atoms with Gasteiger partial charge in [0.1, 0.15) is 24.7 Å². The third-order valence-electron chi connectivity index (χ3n) is 5.66. The number of carbonyl (C=O) groups is 7. The Hall–Kier alpha value is -4.87. The first-order chi connectivity index (χ1) is 18.2. The third kappa shape index (κ3) is 6.46. The van der Waals surface area contributed by atoms with Gasteiger partial charge in [-0.3, -0.25) is 33.8 Å². The molecule has 12 nitrogen and oxygen atoms in total. The number of ether oxygens (including phenoxy) is 1. The fraction of sp³-hybridized carbons (Fsp3) is 0.269. The molecule has 0 saturated carbocycles. The Morgan fingerprint density at radius 3 is 2.26 bits per heavy atom. The minimum absolute atomic E-state index is 0.107. The quantitative estimate of drug-likeness (QED) is 0.278. The number of anilines is 2. The lowest BCUT2D eigenvalue weighted by Gasteiger charge is -2.25. The number of benzene rings is 2. The number of nitrogens with zero attached hydrogens (tertiary/aromatic N) is 2. The predicted octanol–water partition coefficient (Wildman–Crippen LogP) is 0.000600.